The summed E-state index contributed by atoms with van der Waals surface area (Å²) in [7, 11) is 0. The molecule has 0 aliphatic heterocycles. The first-order chi connectivity index (χ1) is 7.49. The summed E-state index contributed by atoms with van der Waals surface area (Å²) in [5.74, 6) is 1.49. The lowest BCUT2D eigenvalue weighted by atomic mass is 9.46. The van der Waals surface area contributed by atoms with Gasteiger partial charge in [-0.05, 0) is 28.1 Å². The zero-order valence-corrected chi connectivity index (χ0v) is 14.1. The highest BCUT2D eigenvalue weighted by atomic mass is 14.6. The summed E-state index contributed by atoms with van der Waals surface area (Å²) in [6, 6.07) is 0. The molecule has 2 atom stereocenters. The van der Waals surface area contributed by atoms with Crippen molar-refractivity contribution in [3.63, 3.8) is 0 Å². The van der Waals surface area contributed by atoms with E-state index < -0.39 is 0 Å². The minimum atomic E-state index is 0.346. The first kappa shape index (κ1) is 17.0. The van der Waals surface area contributed by atoms with Crippen LogP contribution in [-0.4, -0.2) is 0 Å². The van der Waals surface area contributed by atoms with Gasteiger partial charge >= 0.3 is 0 Å². The van der Waals surface area contributed by atoms with Gasteiger partial charge in [0, 0.05) is 0 Å². The van der Waals surface area contributed by atoms with Gasteiger partial charge in [-0.1, -0.05) is 82.1 Å². The molecule has 0 amide bonds. The molecule has 0 aromatic rings. The van der Waals surface area contributed by atoms with Crippen molar-refractivity contribution in [1.29, 1.82) is 0 Å². The molecule has 0 saturated heterocycles. The molecule has 0 radical (unpaired) electrons. The van der Waals surface area contributed by atoms with E-state index in [1.807, 2.05) is 0 Å². The van der Waals surface area contributed by atoms with Gasteiger partial charge in [0.15, 0.2) is 0 Å². The van der Waals surface area contributed by atoms with Gasteiger partial charge in [-0.15, -0.1) is 0 Å². The highest BCUT2D eigenvalue weighted by Gasteiger charge is 2.52. The van der Waals surface area contributed by atoms with E-state index in [0.717, 1.165) is 11.8 Å². The molecule has 0 heterocycles. The molecule has 0 rings (SSSR count). The standard InChI is InChI=1S/C17H36/c1-11-14(5)17(10,13(3)4)16(8,9)15(6,7)12-2/h13-14H,11-12H2,1-10H3. The molecule has 0 nitrogen and oxygen atoms in total. The fourth-order valence-electron chi connectivity index (χ4n) is 3.50. The van der Waals surface area contributed by atoms with E-state index in [9.17, 15) is 0 Å². The molecule has 0 bridgehead atoms. The van der Waals surface area contributed by atoms with Crippen LogP contribution in [-0.2, 0) is 0 Å². The zero-order chi connectivity index (χ0) is 14.1. The summed E-state index contributed by atoms with van der Waals surface area (Å²) in [5.41, 5.74) is 1.12. The SMILES string of the molecule is CCC(C)C(C)(C(C)C)C(C)(C)C(C)(C)CC. The van der Waals surface area contributed by atoms with Crippen molar-refractivity contribution in [2.24, 2.45) is 28.1 Å². The molecule has 0 aliphatic carbocycles. The molecule has 104 valence electrons. The summed E-state index contributed by atoms with van der Waals surface area (Å²) in [6.45, 7) is 24.3. The monoisotopic (exact) mass is 240 g/mol. The fourth-order valence-corrected chi connectivity index (χ4v) is 3.50. The Hall–Kier alpha value is 0. The molecule has 2 unspecified atom stereocenters. The van der Waals surface area contributed by atoms with E-state index in [0.29, 0.717) is 16.2 Å². The van der Waals surface area contributed by atoms with Crippen molar-refractivity contribution in [2.45, 2.75) is 82.1 Å². The molecule has 0 fully saturated rings. The Morgan fingerprint density at radius 3 is 1.47 bits per heavy atom. The Morgan fingerprint density at radius 1 is 0.824 bits per heavy atom. The molecule has 0 aromatic heterocycles. The second-order valence-electron chi connectivity index (χ2n) is 7.61. The van der Waals surface area contributed by atoms with Crippen LogP contribution in [0.25, 0.3) is 0 Å². The van der Waals surface area contributed by atoms with Gasteiger partial charge in [0.2, 0.25) is 0 Å². The molecule has 0 aliphatic rings. The lowest BCUT2D eigenvalue weighted by molar-refractivity contribution is -0.0992. The molecular formula is C17H36. The average molecular weight is 240 g/mol. The van der Waals surface area contributed by atoms with Crippen molar-refractivity contribution in [2.75, 3.05) is 0 Å². The van der Waals surface area contributed by atoms with Crippen LogP contribution in [0, 0.1) is 28.1 Å². The van der Waals surface area contributed by atoms with E-state index in [-0.39, 0.29) is 0 Å². The fraction of sp³-hybridized carbons (Fsp3) is 1.00. The molecule has 0 aromatic carbocycles. The Bertz CT molecular complexity index is 234. The molecule has 0 N–H and O–H groups in total. The maximum atomic E-state index is 2.52. The minimum Gasteiger partial charge on any atom is -0.0651 e. The van der Waals surface area contributed by atoms with E-state index in [1.54, 1.807) is 0 Å². The van der Waals surface area contributed by atoms with Crippen LogP contribution in [0.15, 0.2) is 0 Å². The topological polar surface area (TPSA) is 0 Å². The van der Waals surface area contributed by atoms with Crippen LogP contribution in [0.3, 0.4) is 0 Å². The molecule has 0 saturated carbocycles. The normalized spacial score (nSPS) is 19.2. The highest BCUT2D eigenvalue weighted by Crippen LogP contribution is 2.60. The van der Waals surface area contributed by atoms with Crippen molar-refractivity contribution in [3.05, 3.63) is 0 Å². The lowest BCUT2D eigenvalue weighted by Crippen LogP contribution is -2.52. The lowest BCUT2D eigenvalue weighted by Gasteiger charge is -2.58. The molecular weight excluding hydrogens is 204 g/mol. The van der Waals surface area contributed by atoms with Gasteiger partial charge in [-0.3, -0.25) is 0 Å². The van der Waals surface area contributed by atoms with Gasteiger partial charge in [0.05, 0.1) is 0 Å². The van der Waals surface area contributed by atoms with Gasteiger partial charge in [0.25, 0.3) is 0 Å². The maximum Gasteiger partial charge on any atom is -0.0221 e. The Balaban J connectivity index is 5.63. The largest absolute Gasteiger partial charge is 0.0651 e. The first-order valence-electron chi connectivity index (χ1n) is 7.49. The summed E-state index contributed by atoms with van der Waals surface area (Å²) in [5, 5.41) is 0. The van der Waals surface area contributed by atoms with Crippen LogP contribution >= 0.6 is 0 Å². The minimum absolute atomic E-state index is 0.346. The van der Waals surface area contributed by atoms with Gasteiger partial charge in [-0.25, -0.2) is 0 Å². The highest BCUT2D eigenvalue weighted by molar-refractivity contribution is 5.01. The summed E-state index contributed by atoms with van der Waals surface area (Å²) in [4.78, 5) is 0. The Kier molecular flexibility index (Phi) is 5.33. The van der Waals surface area contributed by atoms with Crippen molar-refractivity contribution < 1.29 is 0 Å². The molecule has 17 heavy (non-hydrogen) atoms. The number of hydrogen-bond acceptors (Lipinski definition) is 0. The number of hydrogen-bond donors (Lipinski definition) is 0. The number of rotatable bonds is 6. The van der Waals surface area contributed by atoms with Gasteiger partial charge < -0.3 is 0 Å². The Labute approximate surface area is 111 Å². The zero-order valence-electron chi connectivity index (χ0n) is 14.1. The van der Waals surface area contributed by atoms with E-state index in [4.69, 9.17) is 0 Å². The van der Waals surface area contributed by atoms with Crippen LogP contribution in [0.4, 0.5) is 0 Å². The van der Waals surface area contributed by atoms with E-state index >= 15 is 0 Å². The van der Waals surface area contributed by atoms with Crippen molar-refractivity contribution in [1.82, 2.24) is 0 Å². The molecule has 0 spiro atoms. The predicted molar refractivity (Wildman–Crippen MR) is 80.3 cm³/mol. The first-order valence-corrected chi connectivity index (χ1v) is 7.49. The smallest absolute Gasteiger partial charge is 0.0221 e. The predicted octanol–water partition coefficient (Wildman–Crippen LogP) is 6.16. The van der Waals surface area contributed by atoms with E-state index in [2.05, 4.69) is 69.2 Å². The average Bonchev–Trinajstić information content (AvgIpc) is 2.25. The summed E-state index contributed by atoms with van der Waals surface area (Å²) >= 11 is 0. The third-order valence-electron chi connectivity index (χ3n) is 6.76. The van der Waals surface area contributed by atoms with Crippen molar-refractivity contribution >= 4 is 0 Å². The van der Waals surface area contributed by atoms with Crippen LogP contribution in [0.1, 0.15) is 82.1 Å². The second-order valence-corrected chi connectivity index (χ2v) is 7.61. The van der Waals surface area contributed by atoms with Crippen LogP contribution in [0.5, 0.6) is 0 Å². The van der Waals surface area contributed by atoms with Crippen molar-refractivity contribution in [3.8, 4) is 0 Å². The maximum absolute atomic E-state index is 2.52. The Morgan fingerprint density at radius 2 is 1.24 bits per heavy atom. The van der Waals surface area contributed by atoms with Gasteiger partial charge in [0.1, 0.15) is 0 Å². The quantitative estimate of drug-likeness (QED) is 0.522. The van der Waals surface area contributed by atoms with E-state index in [1.165, 1.54) is 12.8 Å². The third kappa shape index (κ3) is 2.56. The molecule has 0 heteroatoms. The second kappa shape index (κ2) is 5.33. The summed E-state index contributed by atoms with van der Waals surface area (Å²) < 4.78 is 0. The summed E-state index contributed by atoms with van der Waals surface area (Å²) in [6.07, 6.45) is 2.52. The van der Waals surface area contributed by atoms with Gasteiger partial charge in [-0.2, -0.15) is 0 Å². The van der Waals surface area contributed by atoms with Crippen LogP contribution < -0.4 is 0 Å². The van der Waals surface area contributed by atoms with Crippen LogP contribution in [0.2, 0.25) is 0 Å². The third-order valence-corrected chi connectivity index (χ3v) is 6.76.